The Hall–Kier alpha value is -2.56. The molecule has 1 amide bonds. The molecule has 25 heavy (non-hydrogen) atoms. The second-order valence-electron chi connectivity index (χ2n) is 6.93. The van der Waals surface area contributed by atoms with Crippen molar-refractivity contribution in [1.82, 2.24) is 5.43 Å². The van der Waals surface area contributed by atoms with Crippen LogP contribution in [-0.4, -0.2) is 24.8 Å². The smallest absolute Gasteiger partial charge is 0.277 e. The van der Waals surface area contributed by atoms with E-state index in [0.29, 0.717) is 11.5 Å². The lowest BCUT2D eigenvalue weighted by Gasteiger charge is -2.19. The quantitative estimate of drug-likeness (QED) is 0.633. The van der Waals surface area contributed by atoms with Crippen molar-refractivity contribution in [2.45, 2.75) is 39.5 Å². The molecule has 1 aliphatic heterocycles. The Morgan fingerprint density at radius 1 is 1.32 bits per heavy atom. The van der Waals surface area contributed by atoms with Gasteiger partial charge in [0.2, 0.25) is 0 Å². The van der Waals surface area contributed by atoms with E-state index >= 15 is 0 Å². The highest BCUT2D eigenvalue weighted by atomic mass is 16.5. The number of benzene rings is 1. The van der Waals surface area contributed by atoms with Gasteiger partial charge in [-0.05, 0) is 48.3 Å². The summed E-state index contributed by atoms with van der Waals surface area (Å²) in [6.07, 6.45) is 6.58. The van der Waals surface area contributed by atoms with Crippen LogP contribution in [0.4, 0.5) is 0 Å². The van der Waals surface area contributed by atoms with Crippen molar-refractivity contribution in [3.8, 4) is 5.75 Å². The highest BCUT2D eigenvalue weighted by molar-refractivity contribution is 5.94. The Kier molecular flexibility index (Phi) is 6.39. The number of carbonyl (C=O) groups excluding carboxylic acids is 1. The van der Waals surface area contributed by atoms with Crippen molar-refractivity contribution in [3.63, 3.8) is 0 Å². The van der Waals surface area contributed by atoms with Crippen molar-refractivity contribution < 1.29 is 14.3 Å². The van der Waals surface area contributed by atoms with E-state index in [0.717, 1.165) is 18.8 Å². The summed E-state index contributed by atoms with van der Waals surface area (Å²) in [6, 6.07) is 7.78. The van der Waals surface area contributed by atoms with Gasteiger partial charge in [-0.2, -0.15) is 5.10 Å². The molecule has 0 saturated carbocycles. The molecule has 0 aliphatic carbocycles. The largest absolute Gasteiger partial charge is 0.494 e. The van der Waals surface area contributed by atoms with E-state index < -0.39 is 0 Å². The molecule has 0 aromatic heterocycles. The number of rotatable bonds is 6. The molecular weight excluding hydrogens is 316 g/mol. The molecule has 0 unspecified atom stereocenters. The highest BCUT2D eigenvalue weighted by Crippen LogP contribution is 2.24. The first-order valence-corrected chi connectivity index (χ1v) is 8.42. The summed E-state index contributed by atoms with van der Waals surface area (Å²) in [4.78, 5) is 11.8. The van der Waals surface area contributed by atoms with Crippen LogP contribution in [0.5, 0.6) is 5.75 Å². The second kappa shape index (κ2) is 8.51. The maximum atomic E-state index is 11.8. The Morgan fingerprint density at radius 2 is 2.04 bits per heavy atom. The average Bonchev–Trinajstić information content (AvgIpc) is 3.09. The molecule has 5 heteroatoms. The molecule has 0 spiro atoms. The molecule has 0 fully saturated rings. The summed E-state index contributed by atoms with van der Waals surface area (Å²) >= 11 is 0. The highest BCUT2D eigenvalue weighted by Gasteiger charge is 2.13. The SMILES string of the molecule is CC(/C=C/C1=CCCO1)=N\NC(=O)COc1ccc(C(C)(C)C)cc1. The predicted octanol–water partition coefficient (Wildman–Crippen LogP) is 3.72. The normalized spacial score (nSPS) is 15.0. The fraction of sp³-hybridized carbons (Fsp3) is 0.400. The van der Waals surface area contributed by atoms with Gasteiger partial charge in [-0.1, -0.05) is 32.9 Å². The number of hydrazone groups is 1. The average molecular weight is 342 g/mol. The maximum absolute atomic E-state index is 11.8. The minimum absolute atomic E-state index is 0.0797. The van der Waals surface area contributed by atoms with Gasteiger partial charge in [0.1, 0.15) is 11.5 Å². The van der Waals surface area contributed by atoms with Crippen LogP contribution in [0.2, 0.25) is 0 Å². The Bertz CT molecular complexity index is 680. The number of hydrogen-bond acceptors (Lipinski definition) is 4. The number of ether oxygens (including phenoxy) is 2. The molecule has 2 rings (SSSR count). The third kappa shape index (κ3) is 6.45. The number of nitrogens with zero attached hydrogens (tertiary/aromatic N) is 1. The van der Waals surface area contributed by atoms with Crippen molar-refractivity contribution in [2.75, 3.05) is 13.2 Å². The van der Waals surface area contributed by atoms with Crippen LogP contribution in [0.3, 0.4) is 0 Å². The third-order valence-corrected chi connectivity index (χ3v) is 3.67. The van der Waals surface area contributed by atoms with E-state index in [1.54, 1.807) is 13.0 Å². The molecule has 1 aliphatic rings. The fourth-order valence-electron chi connectivity index (χ4n) is 2.18. The van der Waals surface area contributed by atoms with Crippen LogP contribution in [0, 0.1) is 0 Å². The van der Waals surface area contributed by atoms with Crippen LogP contribution < -0.4 is 10.2 Å². The number of nitrogens with one attached hydrogen (secondary N) is 1. The second-order valence-corrected chi connectivity index (χ2v) is 6.93. The van der Waals surface area contributed by atoms with Gasteiger partial charge in [-0.25, -0.2) is 5.43 Å². The summed E-state index contributed by atoms with van der Waals surface area (Å²) in [5, 5.41) is 4.01. The number of allylic oxidation sites excluding steroid dienone is 2. The molecule has 1 heterocycles. The van der Waals surface area contributed by atoms with Crippen molar-refractivity contribution in [3.05, 3.63) is 53.8 Å². The maximum Gasteiger partial charge on any atom is 0.277 e. The minimum Gasteiger partial charge on any atom is -0.494 e. The lowest BCUT2D eigenvalue weighted by atomic mass is 9.87. The molecular formula is C20H26N2O3. The van der Waals surface area contributed by atoms with Gasteiger partial charge in [0.25, 0.3) is 5.91 Å². The van der Waals surface area contributed by atoms with Gasteiger partial charge >= 0.3 is 0 Å². The Morgan fingerprint density at radius 3 is 2.64 bits per heavy atom. The monoisotopic (exact) mass is 342 g/mol. The van der Waals surface area contributed by atoms with E-state index in [2.05, 4.69) is 31.3 Å². The lowest BCUT2D eigenvalue weighted by Crippen LogP contribution is -2.25. The molecule has 1 aromatic rings. The molecule has 1 N–H and O–H groups in total. The van der Waals surface area contributed by atoms with Crippen molar-refractivity contribution >= 4 is 11.6 Å². The molecule has 1 aromatic carbocycles. The zero-order chi connectivity index (χ0) is 18.3. The summed E-state index contributed by atoms with van der Waals surface area (Å²) in [7, 11) is 0. The first-order chi connectivity index (χ1) is 11.8. The van der Waals surface area contributed by atoms with E-state index in [1.165, 1.54) is 5.56 Å². The van der Waals surface area contributed by atoms with Gasteiger partial charge in [0, 0.05) is 6.42 Å². The summed E-state index contributed by atoms with van der Waals surface area (Å²) in [5.41, 5.74) is 4.47. The molecule has 5 nitrogen and oxygen atoms in total. The van der Waals surface area contributed by atoms with E-state index in [9.17, 15) is 4.79 Å². The van der Waals surface area contributed by atoms with E-state index in [-0.39, 0.29) is 17.9 Å². The Labute approximate surface area is 149 Å². The van der Waals surface area contributed by atoms with E-state index in [4.69, 9.17) is 9.47 Å². The van der Waals surface area contributed by atoms with Crippen LogP contribution in [-0.2, 0) is 14.9 Å². The zero-order valence-corrected chi connectivity index (χ0v) is 15.3. The number of hydrogen-bond donors (Lipinski definition) is 1. The van der Waals surface area contributed by atoms with Gasteiger partial charge in [0.15, 0.2) is 6.61 Å². The van der Waals surface area contributed by atoms with Crippen LogP contribution in [0.15, 0.2) is 53.4 Å². The summed E-state index contributed by atoms with van der Waals surface area (Å²) in [6.45, 7) is 8.91. The molecule has 0 saturated heterocycles. The first kappa shape index (κ1) is 18.8. The van der Waals surface area contributed by atoms with Crippen molar-refractivity contribution in [2.24, 2.45) is 5.10 Å². The summed E-state index contributed by atoms with van der Waals surface area (Å²) in [5.74, 6) is 1.20. The molecule has 0 atom stereocenters. The van der Waals surface area contributed by atoms with Crippen LogP contribution >= 0.6 is 0 Å². The fourth-order valence-corrected chi connectivity index (χ4v) is 2.18. The van der Waals surface area contributed by atoms with Gasteiger partial charge in [-0.3, -0.25) is 4.79 Å². The molecule has 134 valence electrons. The van der Waals surface area contributed by atoms with Gasteiger partial charge in [-0.15, -0.1) is 0 Å². The summed E-state index contributed by atoms with van der Waals surface area (Å²) < 4.78 is 10.8. The predicted molar refractivity (Wildman–Crippen MR) is 99.7 cm³/mol. The van der Waals surface area contributed by atoms with Crippen LogP contribution in [0.25, 0.3) is 0 Å². The topological polar surface area (TPSA) is 59.9 Å². The molecule has 0 radical (unpaired) electrons. The zero-order valence-electron chi connectivity index (χ0n) is 15.3. The van der Waals surface area contributed by atoms with Gasteiger partial charge < -0.3 is 9.47 Å². The van der Waals surface area contributed by atoms with Crippen molar-refractivity contribution in [1.29, 1.82) is 0 Å². The Balaban J connectivity index is 1.77. The van der Waals surface area contributed by atoms with Crippen LogP contribution in [0.1, 0.15) is 39.7 Å². The minimum atomic E-state index is -0.302. The first-order valence-electron chi connectivity index (χ1n) is 8.42. The van der Waals surface area contributed by atoms with E-state index in [1.807, 2.05) is 36.4 Å². The third-order valence-electron chi connectivity index (χ3n) is 3.67. The lowest BCUT2D eigenvalue weighted by molar-refractivity contribution is -0.123. The molecule has 0 bridgehead atoms. The van der Waals surface area contributed by atoms with Gasteiger partial charge in [0.05, 0.1) is 12.3 Å². The number of amides is 1. The number of carbonyl (C=O) groups is 1. The standard InChI is InChI=1S/C20H26N2O3/c1-15(7-10-17-6-5-13-24-17)21-22-19(23)14-25-18-11-8-16(9-12-18)20(2,3)4/h6-12H,5,13-14H2,1-4H3,(H,22,23)/b10-7+,21-15+.